The molecule has 20 heavy (non-hydrogen) atoms. The van der Waals surface area contributed by atoms with Crippen molar-refractivity contribution in [3.63, 3.8) is 0 Å². The maximum absolute atomic E-state index is 12.5. The van der Waals surface area contributed by atoms with Crippen molar-refractivity contribution in [3.05, 3.63) is 23.0 Å². The number of carbonyl (C=O) groups excluding carboxylic acids is 1. The Bertz CT molecular complexity index is 658. The predicted molar refractivity (Wildman–Crippen MR) is 78.0 cm³/mol. The topological polar surface area (TPSA) is 51.0 Å². The van der Waals surface area contributed by atoms with Crippen molar-refractivity contribution in [2.24, 2.45) is 5.92 Å². The Labute approximate surface area is 122 Å². The van der Waals surface area contributed by atoms with Crippen LogP contribution in [0.2, 0.25) is 5.15 Å². The van der Waals surface area contributed by atoms with E-state index in [9.17, 15) is 4.79 Å². The molecule has 0 saturated carbocycles. The second kappa shape index (κ2) is 5.05. The first-order valence-corrected chi connectivity index (χ1v) is 7.24. The molecule has 1 saturated heterocycles. The molecular weight excluding hydrogens is 276 g/mol. The van der Waals surface area contributed by atoms with Crippen LogP contribution in [0.15, 0.2) is 12.3 Å². The van der Waals surface area contributed by atoms with Gasteiger partial charge < -0.3 is 4.90 Å². The largest absolute Gasteiger partial charge is 0.346 e. The number of amides is 1. The molecule has 1 fully saturated rings. The van der Waals surface area contributed by atoms with Crippen LogP contribution in [0.1, 0.15) is 25.3 Å². The molecule has 6 heteroatoms. The molecule has 2 aromatic heterocycles. The van der Waals surface area contributed by atoms with Crippen molar-refractivity contribution >= 4 is 28.7 Å². The molecule has 0 unspecified atom stereocenters. The fourth-order valence-corrected chi connectivity index (χ4v) is 2.84. The molecule has 1 amide bonds. The lowest BCUT2D eigenvalue weighted by Gasteiger charge is -2.29. The fourth-order valence-electron chi connectivity index (χ4n) is 2.59. The van der Waals surface area contributed by atoms with Crippen LogP contribution in [0.5, 0.6) is 0 Å². The van der Waals surface area contributed by atoms with Gasteiger partial charge in [-0.3, -0.25) is 0 Å². The highest BCUT2D eigenvalue weighted by Crippen LogP contribution is 2.22. The zero-order valence-electron chi connectivity index (χ0n) is 11.6. The number of pyridine rings is 1. The zero-order valence-corrected chi connectivity index (χ0v) is 12.4. The predicted octanol–water partition coefficient (Wildman–Crippen LogP) is 3.09. The third-order valence-electron chi connectivity index (χ3n) is 3.95. The Balaban J connectivity index is 1.96. The molecule has 3 heterocycles. The van der Waals surface area contributed by atoms with Crippen LogP contribution < -0.4 is 0 Å². The Morgan fingerprint density at radius 3 is 2.80 bits per heavy atom. The van der Waals surface area contributed by atoms with Gasteiger partial charge in [0.25, 0.3) is 0 Å². The molecule has 106 valence electrons. The Morgan fingerprint density at radius 1 is 1.40 bits per heavy atom. The minimum absolute atomic E-state index is 0.110. The summed E-state index contributed by atoms with van der Waals surface area (Å²) in [6, 6.07) is 1.67. The van der Waals surface area contributed by atoms with E-state index >= 15 is 0 Å². The highest BCUT2D eigenvalue weighted by atomic mass is 35.5. The second-order valence-electron chi connectivity index (χ2n) is 5.51. The smallest absolute Gasteiger partial charge is 0.323 e. The van der Waals surface area contributed by atoms with E-state index in [1.165, 1.54) is 4.68 Å². The number of fused-ring (bicyclic) bond motifs is 1. The van der Waals surface area contributed by atoms with Gasteiger partial charge in [-0.05, 0) is 37.3 Å². The molecule has 0 radical (unpaired) electrons. The minimum Gasteiger partial charge on any atom is -0.323 e. The van der Waals surface area contributed by atoms with Gasteiger partial charge in [0, 0.05) is 18.5 Å². The van der Waals surface area contributed by atoms with Gasteiger partial charge in [-0.15, -0.1) is 0 Å². The third-order valence-corrected chi connectivity index (χ3v) is 4.15. The summed E-state index contributed by atoms with van der Waals surface area (Å²) in [5.74, 6) is 0.684. The van der Waals surface area contributed by atoms with E-state index in [0.29, 0.717) is 16.7 Å². The molecule has 1 aliphatic rings. The molecule has 0 N–H and O–H groups in total. The van der Waals surface area contributed by atoms with Crippen molar-refractivity contribution < 1.29 is 4.79 Å². The van der Waals surface area contributed by atoms with Crippen molar-refractivity contribution in [2.75, 3.05) is 13.1 Å². The van der Waals surface area contributed by atoms with E-state index in [4.69, 9.17) is 11.6 Å². The standard InChI is InChI=1S/C14H17ClN4O/c1-9-3-5-18(6-4-9)14(20)19-13-11(8-16-19)10(2)7-12(15)17-13/h7-9H,3-6H2,1-2H3. The molecule has 0 aliphatic carbocycles. The summed E-state index contributed by atoms with van der Waals surface area (Å²) in [4.78, 5) is 18.6. The monoisotopic (exact) mass is 292 g/mol. The van der Waals surface area contributed by atoms with Gasteiger partial charge in [0.15, 0.2) is 5.65 Å². The first-order chi connectivity index (χ1) is 9.56. The summed E-state index contributed by atoms with van der Waals surface area (Å²) in [7, 11) is 0. The molecule has 3 rings (SSSR count). The summed E-state index contributed by atoms with van der Waals surface area (Å²) < 4.78 is 1.37. The van der Waals surface area contributed by atoms with Crippen LogP contribution in [-0.4, -0.2) is 38.8 Å². The fraction of sp³-hybridized carbons (Fsp3) is 0.500. The number of nitrogens with zero attached hydrogens (tertiary/aromatic N) is 4. The van der Waals surface area contributed by atoms with E-state index in [-0.39, 0.29) is 6.03 Å². The Morgan fingerprint density at radius 2 is 2.10 bits per heavy atom. The SMILES string of the molecule is Cc1cc(Cl)nc2c1cnn2C(=O)N1CCC(C)CC1. The summed E-state index contributed by atoms with van der Waals surface area (Å²) in [6.45, 7) is 5.71. The maximum atomic E-state index is 12.5. The Hall–Kier alpha value is -1.62. The molecule has 2 aromatic rings. The molecule has 0 aromatic carbocycles. The molecule has 0 spiro atoms. The van der Waals surface area contributed by atoms with E-state index in [1.54, 1.807) is 12.3 Å². The van der Waals surface area contributed by atoms with E-state index < -0.39 is 0 Å². The molecule has 5 nitrogen and oxygen atoms in total. The number of hydrogen-bond donors (Lipinski definition) is 0. The lowest BCUT2D eigenvalue weighted by molar-refractivity contribution is 0.173. The lowest BCUT2D eigenvalue weighted by atomic mass is 10.00. The number of aryl methyl sites for hydroxylation is 1. The minimum atomic E-state index is -0.110. The van der Waals surface area contributed by atoms with Gasteiger partial charge in [-0.1, -0.05) is 18.5 Å². The van der Waals surface area contributed by atoms with E-state index in [2.05, 4.69) is 17.0 Å². The summed E-state index contributed by atoms with van der Waals surface area (Å²) in [6.07, 6.45) is 3.76. The highest BCUT2D eigenvalue weighted by Gasteiger charge is 2.24. The van der Waals surface area contributed by atoms with E-state index in [1.807, 2.05) is 11.8 Å². The summed E-state index contributed by atoms with van der Waals surface area (Å²) in [5, 5.41) is 5.45. The quantitative estimate of drug-likeness (QED) is 0.701. The maximum Gasteiger partial charge on any atom is 0.346 e. The van der Waals surface area contributed by atoms with Crippen LogP contribution in [0, 0.1) is 12.8 Å². The number of halogens is 1. The van der Waals surface area contributed by atoms with Gasteiger partial charge in [-0.2, -0.15) is 9.78 Å². The number of rotatable bonds is 0. The molecule has 1 aliphatic heterocycles. The number of likely N-dealkylation sites (tertiary alicyclic amines) is 1. The average Bonchev–Trinajstić information content (AvgIpc) is 2.82. The summed E-state index contributed by atoms with van der Waals surface area (Å²) >= 11 is 5.99. The first-order valence-electron chi connectivity index (χ1n) is 6.86. The van der Waals surface area contributed by atoms with Crippen LogP contribution in [0.25, 0.3) is 11.0 Å². The highest BCUT2D eigenvalue weighted by molar-refractivity contribution is 6.29. The van der Waals surface area contributed by atoms with Crippen molar-refractivity contribution in [1.82, 2.24) is 19.7 Å². The van der Waals surface area contributed by atoms with Crippen LogP contribution in [0.4, 0.5) is 4.79 Å². The Kier molecular flexibility index (Phi) is 3.38. The van der Waals surface area contributed by atoms with Crippen molar-refractivity contribution in [2.45, 2.75) is 26.7 Å². The first kappa shape index (κ1) is 13.4. The summed E-state index contributed by atoms with van der Waals surface area (Å²) in [5.41, 5.74) is 1.52. The second-order valence-corrected chi connectivity index (χ2v) is 5.89. The molecule has 0 bridgehead atoms. The van der Waals surface area contributed by atoms with Crippen LogP contribution in [-0.2, 0) is 0 Å². The number of hydrogen-bond acceptors (Lipinski definition) is 3. The van der Waals surface area contributed by atoms with Gasteiger partial charge >= 0.3 is 6.03 Å². The van der Waals surface area contributed by atoms with E-state index in [0.717, 1.165) is 36.9 Å². The van der Waals surface area contributed by atoms with Crippen molar-refractivity contribution in [3.8, 4) is 0 Å². The average molecular weight is 293 g/mol. The van der Waals surface area contributed by atoms with Crippen LogP contribution >= 0.6 is 11.6 Å². The van der Waals surface area contributed by atoms with Crippen molar-refractivity contribution in [1.29, 1.82) is 0 Å². The third kappa shape index (κ3) is 2.26. The lowest BCUT2D eigenvalue weighted by Crippen LogP contribution is -2.40. The van der Waals surface area contributed by atoms with Gasteiger partial charge in [0.1, 0.15) is 5.15 Å². The van der Waals surface area contributed by atoms with Gasteiger partial charge in [0.2, 0.25) is 0 Å². The number of piperidine rings is 1. The van der Waals surface area contributed by atoms with Crippen LogP contribution in [0.3, 0.4) is 0 Å². The number of carbonyl (C=O) groups is 1. The molecular formula is C14H17ClN4O. The zero-order chi connectivity index (χ0) is 14.3. The number of aromatic nitrogens is 3. The van der Waals surface area contributed by atoms with Gasteiger partial charge in [-0.25, -0.2) is 9.78 Å². The molecule has 0 atom stereocenters. The van der Waals surface area contributed by atoms with Gasteiger partial charge in [0.05, 0.1) is 6.20 Å². The normalized spacial score (nSPS) is 16.9.